The highest BCUT2D eigenvalue weighted by Gasteiger charge is 2.08. The minimum absolute atomic E-state index is 0.121. The normalized spacial score (nSPS) is 9.50. The molecule has 0 aromatic carbocycles. The monoisotopic (exact) mass is 220 g/mol. The summed E-state index contributed by atoms with van der Waals surface area (Å²) < 4.78 is 0. The van der Waals surface area contributed by atoms with Crippen molar-refractivity contribution in [2.24, 2.45) is 0 Å². The molecule has 2 N–H and O–H groups in total. The van der Waals surface area contributed by atoms with Crippen molar-refractivity contribution in [2.45, 2.75) is 20.8 Å². The molecule has 0 aliphatic carbocycles. The predicted octanol–water partition coefficient (Wildman–Crippen LogP) is 3.08. The van der Waals surface area contributed by atoms with Crippen LogP contribution in [0.25, 0.3) is 12.2 Å². The second-order valence-corrected chi connectivity index (χ2v) is 2.84. The summed E-state index contributed by atoms with van der Waals surface area (Å²) in [5.41, 5.74) is 2.39. The maximum Gasteiger partial charge on any atom is 0.267 e. The van der Waals surface area contributed by atoms with E-state index in [0.717, 1.165) is 11.3 Å². The molecule has 0 unspecified atom stereocenters. The third kappa shape index (κ3) is 3.42. The van der Waals surface area contributed by atoms with Crippen molar-refractivity contribution in [3.8, 4) is 0 Å². The van der Waals surface area contributed by atoms with Gasteiger partial charge in [-0.15, -0.1) is 0 Å². The Labute approximate surface area is 97.3 Å². The lowest BCUT2D eigenvalue weighted by Gasteiger charge is -1.93. The highest BCUT2D eigenvalue weighted by molar-refractivity contribution is 5.93. The number of aromatic amines is 1. The molecule has 0 spiro atoms. The molecule has 16 heavy (non-hydrogen) atoms. The average Bonchev–Trinajstić information content (AvgIpc) is 2.74. The van der Waals surface area contributed by atoms with Gasteiger partial charge >= 0.3 is 0 Å². The van der Waals surface area contributed by atoms with Crippen LogP contribution in [-0.4, -0.2) is 17.9 Å². The number of allylic oxidation sites excluding steroid dienone is 1. The molecular weight excluding hydrogens is 200 g/mol. The van der Waals surface area contributed by atoms with E-state index in [1.807, 2.05) is 32.9 Å². The van der Waals surface area contributed by atoms with Gasteiger partial charge in [0, 0.05) is 12.7 Å². The van der Waals surface area contributed by atoms with Gasteiger partial charge in [-0.1, -0.05) is 32.6 Å². The zero-order valence-electron chi connectivity index (χ0n) is 10.4. The van der Waals surface area contributed by atoms with E-state index in [9.17, 15) is 4.79 Å². The van der Waals surface area contributed by atoms with Crippen molar-refractivity contribution in [1.29, 1.82) is 0 Å². The smallest absolute Gasteiger partial charge is 0.267 e. The van der Waals surface area contributed by atoms with Crippen molar-refractivity contribution in [2.75, 3.05) is 7.05 Å². The van der Waals surface area contributed by atoms with Gasteiger partial charge < -0.3 is 10.3 Å². The number of aromatic nitrogens is 1. The van der Waals surface area contributed by atoms with Gasteiger partial charge in [-0.2, -0.15) is 0 Å². The Morgan fingerprint density at radius 1 is 1.50 bits per heavy atom. The van der Waals surface area contributed by atoms with E-state index in [2.05, 4.69) is 16.9 Å². The van der Waals surface area contributed by atoms with E-state index in [0.29, 0.717) is 5.69 Å². The molecule has 0 fully saturated rings. The van der Waals surface area contributed by atoms with Gasteiger partial charge in [-0.25, -0.2) is 0 Å². The molecule has 88 valence electrons. The van der Waals surface area contributed by atoms with Crippen molar-refractivity contribution >= 4 is 18.1 Å². The lowest BCUT2D eigenvalue weighted by Crippen LogP contribution is -2.17. The van der Waals surface area contributed by atoms with Crippen LogP contribution in [0.2, 0.25) is 0 Å². The number of amides is 1. The number of rotatable bonds is 3. The highest BCUT2D eigenvalue weighted by atomic mass is 16.1. The number of nitrogens with one attached hydrogen (secondary N) is 2. The van der Waals surface area contributed by atoms with Crippen molar-refractivity contribution < 1.29 is 4.79 Å². The van der Waals surface area contributed by atoms with Crippen molar-refractivity contribution in [3.05, 3.63) is 35.7 Å². The number of carbonyl (C=O) groups excluding carboxylic acids is 1. The maximum atomic E-state index is 11.3. The number of H-pyrrole nitrogens is 1. The molecular formula is C13H20N2O. The van der Waals surface area contributed by atoms with E-state index in [-0.39, 0.29) is 5.91 Å². The quantitative estimate of drug-likeness (QED) is 0.807. The third-order valence-corrected chi connectivity index (χ3v) is 1.91. The summed E-state index contributed by atoms with van der Waals surface area (Å²) in [7, 11) is 1.60. The van der Waals surface area contributed by atoms with Crippen LogP contribution in [-0.2, 0) is 0 Å². The largest absolute Gasteiger partial charge is 0.354 e. The second-order valence-electron chi connectivity index (χ2n) is 2.84. The molecule has 1 rings (SSSR count). The first-order chi connectivity index (χ1) is 7.72. The van der Waals surface area contributed by atoms with E-state index < -0.39 is 0 Å². The summed E-state index contributed by atoms with van der Waals surface area (Å²) >= 11 is 0. The summed E-state index contributed by atoms with van der Waals surface area (Å²) in [6.45, 7) is 9.61. The van der Waals surface area contributed by atoms with E-state index in [4.69, 9.17) is 0 Å². The molecule has 0 saturated carbocycles. The van der Waals surface area contributed by atoms with E-state index in [1.54, 1.807) is 19.2 Å². The van der Waals surface area contributed by atoms with Crippen LogP contribution in [0.15, 0.2) is 18.7 Å². The standard InChI is InChI=1S/C11H14N2O.C2H6/c1-4-6-9-8(5-2)7-10(13-9)11(14)12-3;1-2/h4-7,13H,2H2,1,3H3,(H,12,14);1-2H3/b6-4-;. The highest BCUT2D eigenvalue weighted by Crippen LogP contribution is 2.13. The zero-order chi connectivity index (χ0) is 12.6. The molecule has 0 aliphatic heterocycles. The first kappa shape index (κ1) is 14.2. The molecule has 1 heterocycles. The van der Waals surface area contributed by atoms with Crippen LogP contribution in [0.5, 0.6) is 0 Å². The van der Waals surface area contributed by atoms with Crippen LogP contribution >= 0.6 is 0 Å². The van der Waals surface area contributed by atoms with Gasteiger partial charge in [0.2, 0.25) is 0 Å². The lowest BCUT2D eigenvalue weighted by molar-refractivity contribution is 0.0958. The fourth-order valence-electron chi connectivity index (χ4n) is 1.22. The Bertz CT molecular complexity index is 375. The van der Waals surface area contributed by atoms with Gasteiger partial charge in [-0.05, 0) is 24.6 Å². The fourth-order valence-corrected chi connectivity index (χ4v) is 1.22. The summed E-state index contributed by atoms with van der Waals surface area (Å²) in [5, 5.41) is 2.56. The van der Waals surface area contributed by atoms with Crippen LogP contribution in [0.1, 0.15) is 42.5 Å². The minimum atomic E-state index is -0.121. The fraction of sp³-hybridized carbons (Fsp3) is 0.308. The minimum Gasteiger partial charge on any atom is -0.354 e. The topological polar surface area (TPSA) is 44.9 Å². The van der Waals surface area contributed by atoms with Gasteiger partial charge in [0.25, 0.3) is 5.91 Å². The van der Waals surface area contributed by atoms with Gasteiger partial charge in [0.15, 0.2) is 0 Å². The molecule has 0 radical (unpaired) electrons. The molecule has 3 heteroatoms. The molecule has 1 aromatic rings. The Hall–Kier alpha value is -1.77. The maximum absolute atomic E-state index is 11.3. The molecule has 0 bridgehead atoms. The van der Waals surface area contributed by atoms with Crippen molar-refractivity contribution in [1.82, 2.24) is 10.3 Å². The first-order valence-corrected chi connectivity index (χ1v) is 5.43. The second kappa shape index (κ2) is 7.51. The SMILES string of the molecule is C=Cc1cc(C(=O)NC)[nH]c1/C=C\C.CC. The number of hydrogen-bond donors (Lipinski definition) is 2. The average molecular weight is 220 g/mol. The van der Waals surface area contributed by atoms with E-state index >= 15 is 0 Å². The molecule has 0 saturated heterocycles. The zero-order valence-corrected chi connectivity index (χ0v) is 10.4. The van der Waals surface area contributed by atoms with E-state index in [1.165, 1.54) is 0 Å². The van der Waals surface area contributed by atoms with Crippen LogP contribution in [0.3, 0.4) is 0 Å². The third-order valence-electron chi connectivity index (χ3n) is 1.91. The number of carbonyl (C=O) groups is 1. The molecule has 0 aliphatic rings. The number of hydrogen-bond acceptors (Lipinski definition) is 1. The Kier molecular flexibility index (Phi) is 6.68. The molecule has 1 amide bonds. The molecule has 1 aromatic heterocycles. The van der Waals surface area contributed by atoms with Crippen LogP contribution < -0.4 is 5.32 Å². The Balaban J connectivity index is 0.00000106. The molecule has 3 nitrogen and oxygen atoms in total. The summed E-state index contributed by atoms with van der Waals surface area (Å²) in [5.74, 6) is -0.121. The van der Waals surface area contributed by atoms with Gasteiger partial charge in [-0.3, -0.25) is 4.79 Å². The first-order valence-electron chi connectivity index (χ1n) is 5.43. The Morgan fingerprint density at radius 2 is 2.12 bits per heavy atom. The van der Waals surface area contributed by atoms with Crippen molar-refractivity contribution in [3.63, 3.8) is 0 Å². The van der Waals surface area contributed by atoms with Gasteiger partial charge in [0.1, 0.15) is 5.69 Å². The predicted molar refractivity (Wildman–Crippen MR) is 70.3 cm³/mol. The Morgan fingerprint density at radius 3 is 2.56 bits per heavy atom. The molecule has 0 atom stereocenters. The summed E-state index contributed by atoms with van der Waals surface area (Å²) in [6.07, 6.45) is 5.54. The van der Waals surface area contributed by atoms with Gasteiger partial charge in [0.05, 0.1) is 0 Å². The lowest BCUT2D eigenvalue weighted by atomic mass is 10.2. The summed E-state index contributed by atoms with van der Waals surface area (Å²) in [6, 6.07) is 1.78. The summed E-state index contributed by atoms with van der Waals surface area (Å²) in [4.78, 5) is 14.3. The van der Waals surface area contributed by atoms with Crippen LogP contribution in [0, 0.1) is 0 Å². The van der Waals surface area contributed by atoms with Crippen LogP contribution in [0.4, 0.5) is 0 Å².